The molecule has 4 aromatic rings. The van der Waals surface area contributed by atoms with Gasteiger partial charge < -0.3 is 9.64 Å². The van der Waals surface area contributed by atoms with E-state index in [0.717, 1.165) is 37.0 Å². The number of ether oxygens (including phenoxy) is 1. The Morgan fingerprint density at radius 3 is 2.14 bits per heavy atom. The summed E-state index contributed by atoms with van der Waals surface area (Å²) in [6, 6.07) is 29.2. The fourth-order valence-electron chi connectivity index (χ4n) is 4.84. The zero-order valence-corrected chi connectivity index (χ0v) is 20.7. The summed E-state index contributed by atoms with van der Waals surface area (Å²) in [5, 5.41) is 8.64. The molecule has 1 aliphatic rings. The molecule has 0 spiro atoms. The molecule has 0 aliphatic carbocycles. The second-order valence-corrected chi connectivity index (χ2v) is 9.54. The minimum absolute atomic E-state index is 0.0772. The van der Waals surface area contributed by atoms with Gasteiger partial charge in [0.1, 0.15) is 12.1 Å². The van der Waals surface area contributed by atoms with Crippen molar-refractivity contribution in [2.75, 3.05) is 19.7 Å². The van der Waals surface area contributed by atoms with Gasteiger partial charge >= 0.3 is 6.09 Å². The monoisotopic (exact) mass is 483 g/mol. The van der Waals surface area contributed by atoms with Crippen LogP contribution in [0.1, 0.15) is 36.9 Å². The second kappa shape index (κ2) is 11.4. The standard InChI is InChI=1S/C29H33N5O2/c1-23(33(20-24-10-4-2-5-11-24)21-25-12-6-3-7-13-25)22-36-29(35)32-18-16-26(17-19-32)34-28-15-9-8-14-27(28)30-31-34/h2-15,23,26H,16-22H2,1H3. The number of benzene rings is 3. The zero-order chi connectivity index (χ0) is 24.7. The Hall–Kier alpha value is -3.71. The van der Waals surface area contributed by atoms with Crippen molar-refractivity contribution in [2.24, 2.45) is 0 Å². The summed E-state index contributed by atoms with van der Waals surface area (Å²) in [5.74, 6) is 0. The largest absolute Gasteiger partial charge is 0.448 e. The van der Waals surface area contributed by atoms with E-state index >= 15 is 0 Å². The fraction of sp³-hybridized carbons (Fsp3) is 0.345. The van der Waals surface area contributed by atoms with Crippen LogP contribution in [0.15, 0.2) is 84.9 Å². The van der Waals surface area contributed by atoms with Crippen LogP contribution >= 0.6 is 0 Å². The maximum absolute atomic E-state index is 12.9. The van der Waals surface area contributed by atoms with Gasteiger partial charge in [0.05, 0.1) is 11.6 Å². The van der Waals surface area contributed by atoms with E-state index in [2.05, 4.69) is 70.7 Å². The first-order chi connectivity index (χ1) is 17.7. The lowest BCUT2D eigenvalue weighted by Gasteiger charge is -2.33. The second-order valence-electron chi connectivity index (χ2n) is 9.54. The van der Waals surface area contributed by atoms with Gasteiger partial charge in [0, 0.05) is 32.2 Å². The first-order valence-corrected chi connectivity index (χ1v) is 12.7. The zero-order valence-electron chi connectivity index (χ0n) is 20.7. The topological polar surface area (TPSA) is 63.5 Å². The molecule has 1 saturated heterocycles. The van der Waals surface area contributed by atoms with Crippen LogP contribution in [0.4, 0.5) is 4.79 Å². The molecule has 5 rings (SSSR count). The van der Waals surface area contributed by atoms with Gasteiger partial charge in [-0.3, -0.25) is 4.90 Å². The number of aromatic nitrogens is 3. The molecule has 186 valence electrons. The number of rotatable bonds is 8. The Bertz CT molecular complexity index is 1210. The Kier molecular flexibility index (Phi) is 7.57. The van der Waals surface area contributed by atoms with E-state index < -0.39 is 0 Å². The van der Waals surface area contributed by atoms with Crippen molar-refractivity contribution in [3.63, 3.8) is 0 Å². The lowest BCUT2D eigenvalue weighted by molar-refractivity contribution is 0.0563. The molecule has 3 aromatic carbocycles. The summed E-state index contributed by atoms with van der Waals surface area (Å²) in [5.41, 5.74) is 4.44. The normalized spacial score (nSPS) is 15.3. The van der Waals surface area contributed by atoms with Crippen LogP contribution in [0.5, 0.6) is 0 Å². The quantitative estimate of drug-likeness (QED) is 0.341. The maximum Gasteiger partial charge on any atom is 0.409 e. The molecule has 36 heavy (non-hydrogen) atoms. The maximum atomic E-state index is 12.9. The van der Waals surface area contributed by atoms with Crippen molar-refractivity contribution < 1.29 is 9.53 Å². The number of fused-ring (bicyclic) bond motifs is 1. The minimum atomic E-state index is -0.233. The number of amides is 1. The van der Waals surface area contributed by atoms with E-state index in [4.69, 9.17) is 4.74 Å². The SMILES string of the molecule is CC(COC(=O)N1CCC(n2nnc3ccccc32)CC1)N(Cc1ccccc1)Cc1ccccc1. The molecule has 1 unspecified atom stereocenters. The Morgan fingerprint density at radius 2 is 1.50 bits per heavy atom. The van der Waals surface area contributed by atoms with Gasteiger partial charge in [0.25, 0.3) is 0 Å². The molecule has 1 fully saturated rings. The van der Waals surface area contributed by atoms with Crippen LogP contribution in [0.3, 0.4) is 0 Å². The van der Waals surface area contributed by atoms with Gasteiger partial charge in [-0.2, -0.15) is 0 Å². The van der Waals surface area contributed by atoms with E-state index in [9.17, 15) is 4.79 Å². The molecule has 7 heteroatoms. The highest BCUT2D eigenvalue weighted by Crippen LogP contribution is 2.25. The molecule has 0 bridgehead atoms. The predicted octanol–water partition coefficient (Wildman–Crippen LogP) is 5.30. The Labute approximate surface area is 212 Å². The number of hydrogen-bond donors (Lipinski definition) is 0. The summed E-state index contributed by atoms with van der Waals surface area (Å²) >= 11 is 0. The van der Waals surface area contributed by atoms with Gasteiger partial charge in [-0.15, -0.1) is 5.10 Å². The number of carbonyl (C=O) groups excluding carboxylic acids is 1. The van der Waals surface area contributed by atoms with Crippen molar-refractivity contribution in [3.05, 3.63) is 96.1 Å². The summed E-state index contributed by atoms with van der Waals surface area (Å²) < 4.78 is 7.81. The summed E-state index contributed by atoms with van der Waals surface area (Å²) in [6.07, 6.45) is 1.45. The molecule has 7 nitrogen and oxygen atoms in total. The average molecular weight is 484 g/mol. The summed E-state index contributed by atoms with van der Waals surface area (Å²) in [6.45, 7) is 5.39. The lowest BCUT2D eigenvalue weighted by atomic mass is 10.1. The highest BCUT2D eigenvalue weighted by molar-refractivity contribution is 5.74. The van der Waals surface area contributed by atoms with Crippen LogP contribution in [0, 0.1) is 0 Å². The van der Waals surface area contributed by atoms with Gasteiger partial charge in [0.2, 0.25) is 0 Å². The van der Waals surface area contributed by atoms with Gasteiger partial charge in [-0.1, -0.05) is 78.0 Å². The Morgan fingerprint density at radius 1 is 0.917 bits per heavy atom. The number of carbonyl (C=O) groups is 1. The molecule has 0 radical (unpaired) electrons. The number of para-hydroxylation sites is 1. The van der Waals surface area contributed by atoms with Gasteiger partial charge in [0.15, 0.2) is 0 Å². The van der Waals surface area contributed by atoms with Crippen LogP contribution in [-0.2, 0) is 17.8 Å². The van der Waals surface area contributed by atoms with E-state index in [-0.39, 0.29) is 18.2 Å². The van der Waals surface area contributed by atoms with Crippen molar-refractivity contribution >= 4 is 17.1 Å². The van der Waals surface area contributed by atoms with Crippen LogP contribution in [0.2, 0.25) is 0 Å². The minimum Gasteiger partial charge on any atom is -0.448 e. The van der Waals surface area contributed by atoms with Crippen LogP contribution in [-0.4, -0.2) is 56.6 Å². The molecule has 1 aromatic heterocycles. The Balaban J connectivity index is 1.16. The van der Waals surface area contributed by atoms with Crippen LogP contribution in [0.25, 0.3) is 11.0 Å². The van der Waals surface area contributed by atoms with E-state index in [1.165, 1.54) is 11.1 Å². The number of likely N-dealkylation sites (tertiary alicyclic amines) is 1. The molecular weight excluding hydrogens is 450 g/mol. The summed E-state index contributed by atoms with van der Waals surface area (Å²) in [4.78, 5) is 17.1. The molecule has 0 saturated carbocycles. The number of hydrogen-bond acceptors (Lipinski definition) is 5. The highest BCUT2D eigenvalue weighted by Gasteiger charge is 2.27. The van der Waals surface area contributed by atoms with Crippen molar-refractivity contribution in [2.45, 2.75) is 44.9 Å². The molecule has 1 amide bonds. The van der Waals surface area contributed by atoms with E-state index in [1.54, 1.807) is 0 Å². The van der Waals surface area contributed by atoms with Crippen LogP contribution < -0.4 is 0 Å². The van der Waals surface area contributed by atoms with E-state index in [0.29, 0.717) is 19.7 Å². The molecular formula is C29H33N5O2. The first kappa shape index (κ1) is 24.0. The molecule has 1 aliphatic heterocycles. The third kappa shape index (κ3) is 5.74. The third-order valence-electron chi connectivity index (χ3n) is 6.97. The average Bonchev–Trinajstić information content (AvgIpc) is 3.37. The first-order valence-electron chi connectivity index (χ1n) is 12.7. The number of piperidine rings is 1. The highest BCUT2D eigenvalue weighted by atomic mass is 16.6. The fourth-order valence-corrected chi connectivity index (χ4v) is 4.84. The van der Waals surface area contributed by atoms with Crippen molar-refractivity contribution in [1.82, 2.24) is 24.8 Å². The molecule has 1 atom stereocenters. The van der Waals surface area contributed by atoms with Crippen molar-refractivity contribution in [3.8, 4) is 0 Å². The lowest BCUT2D eigenvalue weighted by Crippen LogP contribution is -2.42. The third-order valence-corrected chi connectivity index (χ3v) is 6.97. The van der Waals surface area contributed by atoms with Gasteiger partial charge in [-0.05, 0) is 43.0 Å². The van der Waals surface area contributed by atoms with Crippen molar-refractivity contribution in [1.29, 1.82) is 0 Å². The van der Waals surface area contributed by atoms with E-state index in [1.807, 2.05) is 46.0 Å². The smallest absolute Gasteiger partial charge is 0.409 e. The van der Waals surface area contributed by atoms with Gasteiger partial charge in [-0.25, -0.2) is 9.48 Å². The summed E-state index contributed by atoms with van der Waals surface area (Å²) in [7, 11) is 0. The predicted molar refractivity (Wildman–Crippen MR) is 140 cm³/mol. The molecule has 2 heterocycles. The number of nitrogens with zero attached hydrogens (tertiary/aromatic N) is 5. The molecule has 0 N–H and O–H groups in total.